The van der Waals surface area contributed by atoms with E-state index in [1.807, 2.05) is 19.9 Å². The molecule has 19 heavy (non-hydrogen) atoms. The molecule has 0 spiro atoms. The highest BCUT2D eigenvalue weighted by Crippen LogP contribution is 2.32. The van der Waals surface area contributed by atoms with Gasteiger partial charge in [0.25, 0.3) is 0 Å². The Morgan fingerprint density at radius 2 is 1.74 bits per heavy atom. The summed E-state index contributed by atoms with van der Waals surface area (Å²) in [4.78, 5) is 0. The van der Waals surface area contributed by atoms with Crippen LogP contribution in [0.4, 0.5) is 8.78 Å². The topological polar surface area (TPSA) is 26.0 Å². The Morgan fingerprint density at radius 3 is 2.32 bits per heavy atom. The third-order valence-electron chi connectivity index (χ3n) is 3.38. The van der Waals surface area contributed by atoms with Crippen LogP contribution in [0.5, 0.6) is 0 Å². The van der Waals surface area contributed by atoms with Gasteiger partial charge in [-0.3, -0.25) is 0 Å². The molecular weight excluding hydrogens is 244 g/mol. The molecule has 2 aromatic rings. The summed E-state index contributed by atoms with van der Waals surface area (Å²) in [5.41, 5.74) is 7.78. The van der Waals surface area contributed by atoms with Gasteiger partial charge in [-0.05, 0) is 55.7 Å². The van der Waals surface area contributed by atoms with Crippen LogP contribution in [0.25, 0.3) is 0 Å². The average Bonchev–Trinajstić information content (AvgIpc) is 2.26. The molecule has 0 saturated heterocycles. The van der Waals surface area contributed by atoms with Crippen molar-refractivity contribution in [2.24, 2.45) is 5.73 Å². The summed E-state index contributed by atoms with van der Waals surface area (Å²) in [5.74, 6) is -0.730. The molecule has 0 bridgehead atoms. The molecule has 2 rings (SSSR count). The normalized spacial score (nSPS) is 14.2. The molecule has 0 aliphatic carbocycles. The van der Waals surface area contributed by atoms with Crippen LogP contribution in [-0.4, -0.2) is 0 Å². The van der Waals surface area contributed by atoms with Crippen molar-refractivity contribution in [3.8, 4) is 0 Å². The lowest BCUT2D eigenvalue weighted by Crippen LogP contribution is -2.36. The molecule has 0 amide bonds. The smallest absolute Gasteiger partial charge is 0.129 e. The summed E-state index contributed by atoms with van der Waals surface area (Å²) in [7, 11) is 0. The minimum atomic E-state index is -1.07. The van der Waals surface area contributed by atoms with Crippen molar-refractivity contribution in [1.82, 2.24) is 0 Å². The minimum absolute atomic E-state index is 0.355. The van der Waals surface area contributed by atoms with Gasteiger partial charge >= 0.3 is 0 Å². The van der Waals surface area contributed by atoms with Crippen LogP contribution in [-0.2, 0) is 5.54 Å². The molecule has 2 aromatic carbocycles. The predicted molar refractivity (Wildman–Crippen MR) is 72.9 cm³/mol. The van der Waals surface area contributed by atoms with E-state index in [4.69, 9.17) is 5.73 Å². The molecule has 2 N–H and O–H groups in total. The number of rotatable bonds is 2. The zero-order chi connectivity index (χ0) is 14.2. The van der Waals surface area contributed by atoms with Crippen molar-refractivity contribution in [2.45, 2.75) is 26.3 Å². The van der Waals surface area contributed by atoms with E-state index >= 15 is 0 Å². The Labute approximate surface area is 112 Å². The second-order valence-electron chi connectivity index (χ2n) is 5.15. The number of aryl methyl sites for hydroxylation is 2. The number of hydrogen-bond donors (Lipinski definition) is 1. The maximum absolute atomic E-state index is 14.2. The van der Waals surface area contributed by atoms with E-state index in [1.54, 1.807) is 19.1 Å². The van der Waals surface area contributed by atoms with Gasteiger partial charge < -0.3 is 5.73 Å². The molecule has 0 fully saturated rings. The molecule has 0 aliphatic rings. The summed E-state index contributed by atoms with van der Waals surface area (Å²) in [6.45, 7) is 5.34. The molecule has 0 aliphatic heterocycles. The first-order chi connectivity index (χ1) is 8.82. The van der Waals surface area contributed by atoms with Crippen molar-refractivity contribution in [2.75, 3.05) is 0 Å². The van der Waals surface area contributed by atoms with Crippen LogP contribution in [0.1, 0.15) is 29.2 Å². The van der Waals surface area contributed by atoms with Gasteiger partial charge in [-0.25, -0.2) is 8.78 Å². The second-order valence-corrected chi connectivity index (χ2v) is 5.15. The fraction of sp³-hybridized carbons (Fsp3) is 0.250. The van der Waals surface area contributed by atoms with E-state index in [0.717, 1.165) is 11.1 Å². The standard InChI is InChI=1S/C16H17F2N/c1-10-7-11(2)15(14(18)8-10)16(3,19)12-5-4-6-13(17)9-12/h4-9H,19H2,1-3H3. The van der Waals surface area contributed by atoms with Crippen LogP contribution < -0.4 is 5.73 Å². The molecule has 1 nitrogen and oxygen atoms in total. The maximum Gasteiger partial charge on any atom is 0.129 e. The first-order valence-electron chi connectivity index (χ1n) is 6.14. The summed E-state index contributed by atoms with van der Waals surface area (Å²) in [6.07, 6.45) is 0. The SMILES string of the molecule is Cc1cc(C)c(C(C)(N)c2cccc(F)c2)c(F)c1. The van der Waals surface area contributed by atoms with Crippen LogP contribution >= 0.6 is 0 Å². The van der Waals surface area contributed by atoms with E-state index in [2.05, 4.69) is 0 Å². The zero-order valence-corrected chi connectivity index (χ0v) is 11.3. The van der Waals surface area contributed by atoms with Gasteiger partial charge in [-0.15, -0.1) is 0 Å². The summed E-state index contributed by atoms with van der Waals surface area (Å²) in [6, 6.07) is 9.31. The first kappa shape index (κ1) is 13.7. The quantitative estimate of drug-likeness (QED) is 0.874. The van der Waals surface area contributed by atoms with E-state index in [0.29, 0.717) is 11.1 Å². The first-order valence-corrected chi connectivity index (χ1v) is 6.14. The van der Waals surface area contributed by atoms with Crippen LogP contribution in [0.3, 0.4) is 0 Å². The monoisotopic (exact) mass is 261 g/mol. The molecule has 0 heterocycles. The molecule has 1 atom stereocenters. The summed E-state index contributed by atoms with van der Waals surface area (Å²) >= 11 is 0. The number of halogens is 2. The van der Waals surface area contributed by atoms with Crippen molar-refractivity contribution < 1.29 is 8.78 Å². The molecular formula is C16H17F2N. The molecule has 0 saturated carbocycles. The van der Waals surface area contributed by atoms with Gasteiger partial charge in [0.2, 0.25) is 0 Å². The van der Waals surface area contributed by atoms with Gasteiger partial charge in [-0.1, -0.05) is 18.2 Å². The largest absolute Gasteiger partial charge is 0.318 e. The predicted octanol–water partition coefficient (Wildman–Crippen LogP) is 3.80. The van der Waals surface area contributed by atoms with E-state index < -0.39 is 5.54 Å². The highest BCUT2D eigenvalue weighted by atomic mass is 19.1. The van der Waals surface area contributed by atoms with Crippen molar-refractivity contribution in [3.05, 3.63) is 70.3 Å². The fourth-order valence-electron chi connectivity index (χ4n) is 2.53. The maximum atomic E-state index is 14.2. The lowest BCUT2D eigenvalue weighted by atomic mass is 9.82. The Morgan fingerprint density at radius 1 is 1.05 bits per heavy atom. The Kier molecular flexibility index (Phi) is 3.42. The lowest BCUT2D eigenvalue weighted by molar-refractivity contribution is 0.522. The van der Waals surface area contributed by atoms with Crippen LogP contribution in [0.2, 0.25) is 0 Å². The fourth-order valence-corrected chi connectivity index (χ4v) is 2.53. The third-order valence-corrected chi connectivity index (χ3v) is 3.38. The van der Waals surface area contributed by atoms with E-state index in [1.165, 1.54) is 18.2 Å². The van der Waals surface area contributed by atoms with Gasteiger partial charge in [0.05, 0.1) is 5.54 Å². The highest BCUT2D eigenvalue weighted by molar-refractivity contribution is 5.43. The van der Waals surface area contributed by atoms with Gasteiger partial charge in [-0.2, -0.15) is 0 Å². The van der Waals surface area contributed by atoms with Crippen molar-refractivity contribution in [3.63, 3.8) is 0 Å². The van der Waals surface area contributed by atoms with Crippen molar-refractivity contribution in [1.29, 1.82) is 0 Å². The Balaban J connectivity index is 2.63. The Bertz CT molecular complexity index is 595. The molecule has 0 aromatic heterocycles. The molecule has 0 radical (unpaired) electrons. The van der Waals surface area contributed by atoms with Gasteiger partial charge in [0.15, 0.2) is 0 Å². The van der Waals surface area contributed by atoms with E-state index in [9.17, 15) is 8.78 Å². The molecule has 1 unspecified atom stereocenters. The summed E-state index contributed by atoms with van der Waals surface area (Å²) in [5, 5.41) is 0. The number of benzene rings is 2. The van der Waals surface area contributed by atoms with Crippen LogP contribution in [0, 0.1) is 25.5 Å². The van der Waals surface area contributed by atoms with E-state index in [-0.39, 0.29) is 11.6 Å². The lowest BCUT2D eigenvalue weighted by Gasteiger charge is -2.28. The molecule has 3 heteroatoms. The zero-order valence-electron chi connectivity index (χ0n) is 11.3. The third kappa shape index (κ3) is 2.51. The highest BCUT2D eigenvalue weighted by Gasteiger charge is 2.29. The second kappa shape index (κ2) is 4.74. The van der Waals surface area contributed by atoms with Gasteiger partial charge in [0.1, 0.15) is 11.6 Å². The van der Waals surface area contributed by atoms with Crippen LogP contribution in [0.15, 0.2) is 36.4 Å². The average molecular weight is 261 g/mol. The number of nitrogens with two attached hydrogens (primary N) is 1. The summed E-state index contributed by atoms with van der Waals surface area (Å²) < 4.78 is 27.5. The van der Waals surface area contributed by atoms with Crippen molar-refractivity contribution >= 4 is 0 Å². The number of hydrogen-bond acceptors (Lipinski definition) is 1. The minimum Gasteiger partial charge on any atom is -0.318 e. The Hall–Kier alpha value is -1.74. The van der Waals surface area contributed by atoms with Gasteiger partial charge in [0, 0.05) is 5.56 Å². The molecule has 100 valence electrons.